The summed E-state index contributed by atoms with van der Waals surface area (Å²) in [7, 11) is 0. The van der Waals surface area contributed by atoms with E-state index < -0.39 is 12.1 Å². The lowest BCUT2D eigenvalue weighted by Crippen LogP contribution is -2.29. The summed E-state index contributed by atoms with van der Waals surface area (Å²) in [6, 6.07) is 4.05. The molecule has 4 nitrogen and oxygen atoms in total. The van der Waals surface area contributed by atoms with Gasteiger partial charge in [-0.3, -0.25) is 4.79 Å². The summed E-state index contributed by atoms with van der Waals surface area (Å²) in [5.74, 6) is -0.970. The standard InChI is InChI=1S/C10H15NO3S/c12-8(6-10(13)14)7-11-4-3-9-2-1-5-15-9/h1-2,5,8,11-12H,3-4,6-7H2,(H,13,14). The van der Waals surface area contributed by atoms with E-state index in [2.05, 4.69) is 11.4 Å². The number of carbonyl (C=O) groups is 1. The Morgan fingerprint density at radius 3 is 3.00 bits per heavy atom. The van der Waals surface area contributed by atoms with Crippen molar-refractivity contribution in [1.82, 2.24) is 5.32 Å². The molecular formula is C10H15NO3S. The van der Waals surface area contributed by atoms with Gasteiger partial charge in [-0.25, -0.2) is 0 Å². The zero-order chi connectivity index (χ0) is 11.1. The van der Waals surface area contributed by atoms with Crippen molar-refractivity contribution < 1.29 is 15.0 Å². The second-order valence-electron chi connectivity index (χ2n) is 3.29. The fourth-order valence-corrected chi connectivity index (χ4v) is 1.92. The highest BCUT2D eigenvalue weighted by atomic mass is 32.1. The lowest BCUT2D eigenvalue weighted by Gasteiger charge is -2.08. The van der Waals surface area contributed by atoms with Crippen molar-refractivity contribution in [2.75, 3.05) is 13.1 Å². The molecule has 5 heteroatoms. The van der Waals surface area contributed by atoms with Gasteiger partial charge >= 0.3 is 5.97 Å². The van der Waals surface area contributed by atoms with Crippen LogP contribution < -0.4 is 5.32 Å². The molecule has 1 rings (SSSR count). The number of rotatable bonds is 7. The van der Waals surface area contributed by atoms with E-state index in [-0.39, 0.29) is 6.42 Å². The van der Waals surface area contributed by atoms with Crippen molar-refractivity contribution in [2.45, 2.75) is 18.9 Å². The molecule has 1 atom stereocenters. The van der Waals surface area contributed by atoms with Crippen LogP contribution in [0.15, 0.2) is 17.5 Å². The predicted octanol–water partition coefficient (Wildman–Crippen LogP) is 0.716. The van der Waals surface area contributed by atoms with Gasteiger partial charge in [0, 0.05) is 18.0 Å². The molecule has 0 bridgehead atoms. The fraction of sp³-hybridized carbons (Fsp3) is 0.500. The molecule has 1 heterocycles. The third-order valence-electron chi connectivity index (χ3n) is 1.92. The number of hydrogen-bond acceptors (Lipinski definition) is 4. The minimum atomic E-state index is -0.970. The van der Waals surface area contributed by atoms with E-state index >= 15 is 0 Å². The molecule has 0 aliphatic rings. The highest BCUT2D eigenvalue weighted by Gasteiger charge is 2.08. The largest absolute Gasteiger partial charge is 0.481 e. The first-order valence-electron chi connectivity index (χ1n) is 4.81. The van der Waals surface area contributed by atoms with Gasteiger partial charge < -0.3 is 15.5 Å². The molecule has 1 aromatic heterocycles. The van der Waals surface area contributed by atoms with Crippen molar-refractivity contribution in [3.63, 3.8) is 0 Å². The van der Waals surface area contributed by atoms with Crippen LogP contribution in [0.2, 0.25) is 0 Å². The second-order valence-corrected chi connectivity index (χ2v) is 4.32. The summed E-state index contributed by atoms with van der Waals surface area (Å²) in [6.07, 6.45) is -0.0884. The molecule has 3 N–H and O–H groups in total. The van der Waals surface area contributed by atoms with Gasteiger partial charge in [0.05, 0.1) is 12.5 Å². The topological polar surface area (TPSA) is 69.6 Å². The highest BCUT2D eigenvalue weighted by molar-refractivity contribution is 7.09. The summed E-state index contributed by atoms with van der Waals surface area (Å²) in [4.78, 5) is 11.5. The molecule has 15 heavy (non-hydrogen) atoms. The molecule has 0 saturated heterocycles. The van der Waals surface area contributed by atoms with Gasteiger partial charge in [0.15, 0.2) is 0 Å². The van der Waals surface area contributed by atoms with Gasteiger partial charge in [0.1, 0.15) is 0 Å². The summed E-state index contributed by atoms with van der Waals surface area (Å²) >= 11 is 1.70. The lowest BCUT2D eigenvalue weighted by atomic mass is 10.2. The van der Waals surface area contributed by atoms with Crippen molar-refractivity contribution in [3.05, 3.63) is 22.4 Å². The second kappa shape index (κ2) is 6.55. The van der Waals surface area contributed by atoms with E-state index in [0.717, 1.165) is 13.0 Å². The Morgan fingerprint density at radius 2 is 2.40 bits per heavy atom. The van der Waals surface area contributed by atoms with Gasteiger partial charge in [-0.05, 0) is 17.9 Å². The van der Waals surface area contributed by atoms with E-state index in [1.165, 1.54) is 4.88 Å². The monoisotopic (exact) mass is 229 g/mol. The smallest absolute Gasteiger partial charge is 0.306 e. The van der Waals surface area contributed by atoms with Crippen molar-refractivity contribution in [3.8, 4) is 0 Å². The molecule has 0 radical (unpaired) electrons. The number of aliphatic hydroxyl groups excluding tert-OH is 1. The minimum Gasteiger partial charge on any atom is -0.481 e. The van der Waals surface area contributed by atoms with E-state index in [1.54, 1.807) is 11.3 Å². The molecule has 0 aromatic carbocycles. The minimum absolute atomic E-state index is 0.202. The Kier molecular flexibility index (Phi) is 5.31. The van der Waals surface area contributed by atoms with Crippen LogP contribution in [0.5, 0.6) is 0 Å². The quantitative estimate of drug-likeness (QED) is 0.602. The Morgan fingerprint density at radius 1 is 1.60 bits per heavy atom. The Hall–Kier alpha value is -0.910. The fourth-order valence-electron chi connectivity index (χ4n) is 1.21. The van der Waals surface area contributed by atoms with E-state index in [4.69, 9.17) is 5.11 Å². The molecule has 0 fully saturated rings. The Labute approximate surface area is 92.6 Å². The van der Waals surface area contributed by atoms with Crippen LogP contribution in [0.1, 0.15) is 11.3 Å². The van der Waals surface area contributed by atoms with Crippen LogP contribution in [0.4, 0.5) is 0 Å². The average molecular weight is 229 g/mol. The first kappa shape index (κ1) is 12.2. The molecule has 1 aromatic rings. The third-order valence-corrected chi connectivity index (χ3v) is 2.85. The highest BCUT2D eigenvalue weighted by Crippen LogP contribution is 2.07. The molecular weight excluding hydrogens is 214 g/mol. The summed E-state index contributed by atoms with van der Waals surface area (Å²) in [6.45, 7) is 1.09. The zero-order valence-electron chi connectivity index (χ0n) is 8.35. The van der Waals surface area contributed by atoms with E-state index in [1.807, 2.05) is 11.4 Å². The van der Waals surface area contributed by atoms with Gasteiger partial charge in [0.2, 0.25) is 0 Å². The maximum atomic E-state index is 10.2. The predicted molar refractivity (Wildman–Crippen MR) is 59.2 cm³/mol. The Bertz CT molecular complexity index is 287. The maximum Gasteiger partial charge on any atom is 0.306 e. The first-order valence-corrected chi connectivity index (χ1v) is 5.69. The molecule has 0 spiro atoms. The van der Waals surface area contributed by atoms with Gasteiger partial charge in [-0.1, -0.05) is 6.07 Å². The van der Waals surface area contributed by atoms with Crippen LogP contribution >= 0.6 is 11.3 Å². The molecule has 0 aliphatic carbocycles. The lowest BCUT2D eigenvalue weighted by molar-refractivity contribution is -0.139. The summed E-state index contributed by atoms with van der Waals surface area (Å²) < 4.78 is 0. The zero-order valence-corrected chi connectivity index (χ0v) is 9.17. The van der Waals surface area contributed by atoms with Gasteiger partial charge in [-0.2, -0.15) is 0 Å². The van der Waals surface area contributed by atoms with Crippen molar-refractivity contribution in [2.24, 2.45) is 0 Å². The summed E-state index contributed by atoms with van der Waals surface area (Å²) in [5, 5.41) is 22.7. The van der Waals surface area contributed by atoms with Crippen LogP contribution in [0, 0.1) is 0 Å². The number of thiophene rings is 1. The maximum absolute atomic E-state index is 10.2. The van der Waals surface area contributed by atoms with Crippen LogP contribution in [0.3, 0.4) is 0 Å². The number of carboxylic acid groups (broad SMARTS) is 1. The number of carboxylic acids is 1. The van der Waals surface area contributed by atoms with Crippen molar-refractivity contribution in [1.29, 1.82) is 0 Å². The molecule has 1 unspecified atom stereocenters. The third kappa shape index (κ3) is 5.51. The number of aliphatic hydroxyl groups is 1. The number of aliphatic carboxylic acids is 1. The molecule has 0 amide bonds. The first-order chi connectivity index (χ1) is 7.18. The Balaban J connectivity index is 2.04. The van der Waals surface area contributed by atoms with E-state index in [9.17, 15) is 9.90 Å². The summed E-state index contributed by atoms with van der Waals surface area (Å²) in [5.41, 5.74) is 0. The SMILES string of the molecule is O=C(O)CC(O)CNCCc1cccs1. The van der Waals surface area contributed by atoms with Gasteiger partial charge in [-0.15, -0.1) is 11.3 Å². The molecule has 0 saturated carbocycles. The van der Waals surface area contributed by atoms with Crippen LogP contribution in [-0.2, 0) is 11.2 Å². The van der Waals surface area contributed by atoms with E-state index in [0.29, 0.717) is 6.54 Å². The van der Waals surface area contributed by atoms with Gasteiger partial charge in [0.25, 0.3) is 0 Å². The average Bonchev–Trinajstić information content (AvgIpc) is 2.63. The number of hydrogen-bond donors (Lipinski definition) is 3. The van der Waals surface area contributed by atoms with Crippen LogP contribution in [0.25, 0.3) is 0 Å². The van der Waals surface area contributed by atoms with Crippen molar-refractivity contribution >= 4 is 17.3 Å². The normalized spacial score (nSPS) is 12.6. The molecule has 0 aliphatic heterocycles. The van der Waals surface area contributed by atoms with Crippen LogP contribution in [-0.4, -0.2) is 35.4 Å². The number of nitrogens with one attached hydrogen (secondary N) is 1. The molecule has 84 valence electrons.